The summed E-state index contributed by atoms with van der Waals surface area (Å²) in [4.78, 5) is 7.33. The highest BCUT2D eigenvalue weighted by Gasteiger charge is 2.21. The summed E-state index contributed by atoms with van der Waals surface area (Å²) in [5.41, 5.74) is 0. The first-order chi connectivity index (χ1) is 12.7. The molecule has 1 fully saturated rings. The first-order valence-corrected chi connectivity index (χ1v) is 10.2. The SMILES string of the molecule is CN=C(NCCSc1ccccc1F)N1CCC(OCCCOC)CC1. The molecule has 1 aromatic rings. The molecule has 0 radical (unpaired) electrons. The summed E-state index contributed by atoms with van der Waals surface area (Å²) in [5.74, 6) is 1.55. The van der Waals surface area contributed by atoms with Gasteiger partial charge >= 0.3 is 0 Å². The number of benzene rings is 1. The predicted octanol–water partition coefficient (Wildman–Crippen LogP) is 3.01. The Morgan fingerprint density at radius 3 is 2.77 bits per heavy atom. The standard InChI is InChI=1S/C19H30FN3O2S/c1-21-19(22-10-15-26-18-7-4-3-6-17(18)20)23-11-8-16(9-12-23)25-14-5-13-24-2/h3-4,6-7,16H,5,8-15H2,1-2H3,(H,21,22). The average Bonchev–Trinajstić information content (AvgIpc) is 2.67. The number of methoxy groups -OCH3 is 1. The van der Waals surface area contributed by atoms with Crippen LogP contribution in [0.25, 0.3) is 0 Å². The van der Waals surface area contributed by atoms with E-state index in [4.69, 9.17) is 9.47 Å². The highest BCUT2D eigenvalue weighted by atomic mass is 32.2. The van der Waals surface area contributed by atoms with Gasteiger partial charge in [0.1, 0.15) is 5.82 Å². The maximum absolute atomic E-state index is 13.6. The van der Waals surface area contributed by atoms with E-state index in [1.165, 1.54) is 17.8 Å². The molecule has 0 unspecified atom stereocenters. The Labute approximate surface area is 160 Å². The molecular weight excluding hydrogens is 353 g/mol. The van der Waals surface area contributed by atoms with Crippen molar-refractivity contribution in [2.24, 2.45) is 4.99 Å². The fraction of sp³-hybridized carbons (Fsp3) is 0.632. The minimum Gasteiger partial charge on any atom is -0.385 e. The first kappa shape index (κ1) is 21.0. The van der Waals surface area contributed by atoms with Crippen molar-refractivity contribution in [1.29, 1.82) is 0 Å². The van der Waals surface area contributed by atoms with Gasteiger partial charge in [-0.05, 0) is 31.4 Å². The van der Waals surface area contributed by atoms with Crippen molar-refractivity contribution in [2.45, 2.75) is 30.3 Å². The van der Waals surface area contributed by atoms with Crippen LogP contribution < -0.4 is 5.32 Å². The molecule has 1 aliphatic heterocycles. The van der Waals surface area contributed by atoms with E-state index < -0.39 is 0 Å². The zero-order valence-corrected chi connectivity index (χ0v) is 16.6. The molecule has 0 saturated carbocycles. The van der Waals surface area contributed by atoms with E-state index in [0.29, 0.717) is 11.0 Å². The van der Waals surface area contributed by atoms with E-state index in [1.807, 2.05) is 12.1 Å². The third kappa shape index (κ3) is 7.13. The maximum Gasteiger partial charge on any atom is 0.193 e. The number of nitrogens with one attached hydrogen (secondary N) is 1. The second-order valence-electron chi connectivity index (χ2n) is 6.16. The van der Waals surface area contributed by atoms with E-state index in [9.17, 15) is 4.39 Å². The topological polar surface area (TPSA) is 46.1 Å². The third-order valence-electron chi connectivity index (χ3n) is 4.28. The average molecular weight is 384 g/mol. The molecule has 0 amide bonds. The third-order valence-corrected chi connectivity index (χ3v) is 5.33. The number of nitrogens with zero attached hydrogens (tertiary/aromatic N) is 2. The number of ether oxygens (including phenoxy) is 2. The molecule has 7 heteroatoms. The molecule has 26 heavy (non-hydrogen) atoms. The largest absolute Gasteiger partial charge is 0.385 e. The van der Waals surface area contributed by atoms with Gasteiger partial charge < -0.3 is 19.7 Å². The molecule has 1 heterocycles. The minimum atomic E-state index is -0.158. The second kappa shape index (κ2) is 12.1. The van der Waals surface area contributed by atoms with Gasteiger partial charge in [0, 0.05) is 57.7 Å². The van der Waals surface area contributed by atoms with Gasteiger partial charge in [0.25, 0.3) is 0 Å². The van der Waals surface area contributed by atoms with E-state index in [2.05, 4.69) is 15.2 Å². The van der Waals surface area contributed by atoms with Crippen LogP contribution in [0.4, 0.5) is 4.39 Å². The predicted molar refractivity (Wildman–Crippen MR) is 106 cm³/mol. The Kier molecular flexibility index (Phi) is 9.81. The van der Waals surface area contributed by atoms with Crippen LogP contribution in [-0.4, -0.2) is 69.7 Å². The maximum atomic E-state index is 13.6. The Hall–Kier alpha value is -1.31. The van der Waals surface area contributed by atoms with Gasteiger partial charge in [0.2, 0.25) is 0 Å². The summed E-state index contributed by atoms with van der Waals surface area (Å²) in [5, 5.41) is 3.38. The van der Waals surface area contributed by atoms with Gasteiger partial charge in [-0.1, -0.05) is 12.1 Å². The molecule has 2 rings (SSSR count). The lowest BCUT2D eigenvalue weighted by Gasteiger charge is -2.34. The molecule has 1 aromatic carbocycles. The zero-order chi connectivity index (χ0) is 18.6. The van der Waals surface area contributed by atoms with Crippen LogP contribution in [0.1, 0.15) is 19.3 Å². The number of rotatable bonds is 9. The Morgan fingerprint density at radius 2 is 2.08 bits per heavy atom. The number of guanidine groups is 1. The molecule has 1 aliphatic rings. The Bertz CT molecular complexity index is 551. The Balaban J connectivity index is 1.64. The van der Waals surface area contributed by atoms with Crippen molar-refractivity contribution in [2.75, 3.05) is 52.8 Å². The number of likely N-dealkylation sites (tertiary alicyclic amines) is 1. The van der Waals surface area contributed by atoms with Crippen LogP contribution >= 0.6 is 11.8 Å². The summed E-state index contributed by atoms with van der Waals surface area (Å²) in [6.07, 6.45) is 3.30. The monoisotopic (exact) mass is 383 g/mol. The van der Waals surface area contributed by atoms with Crippen LogP contribution in [0.15, 0.2) is 34.2 Å². The highest BCUT2D eigenvalue weighted by Crippen LogP contribution is 2.20. The van der Waals surface area contributed by atoms with E-state index >= 15 is 0 Å². The normalized spacial score (nSPS) is 16.1. The number of aliphatic imine (C=N–C) groups is 1. The van der Waals surface area contributed by atoms with Crippen LogP contribution in [-0.2, 0) is 9.47 Å². The number of hydrogen-bond donors (Lipinski definition) is 1. The van der Waals surface area contributed by atoms with Gasteiger partial charge in [-0.15, -0.1) is 11.8 Å². The van der Waals surface area contributed by atoms with Crippen molar-refractivity contribution >= 4 is 17.7 Å². The minimum absolute atomic E-state index is 0.158. The van der Waals surface area contributed by atoms with Crippen molar-refractivity contribution < 1.29 is 13.9 Å². The van der Waals surface area contributed by atoms with Crippen LogP contribution in [0, 0.1) is 5.82 Å². The fourth-order valence-corrected chi connectivity index (χ4v) is 3.71. The quantitative estimate of drug-likeness (QED) is 0.307. The number of thioether (sulfide) groups is 1. The highest BCUT2D eigenvalue weighted by molar-refractivity contribution is 7.99. The number of hydrogen-bond acceptors (Lipinski definition) is 4. The molecule has 0 spiro atoms. The molecule has 5 nitrogen and oxygen atoms in total. The molecule has 0 bridgehead atoms. The first-order valence-electron chi connectivity index (χ1n) is 9.18. The van der Waals surface area contributed by atoms with Crippen molar-refractivity contribution in [3.8, 4) is 0 Å². The van der Waals surface area contributed by atoms with E-state index in [-0.39, 0.29) is 5.82 Å². The van der Waals surface area contributed by atoms with Crippen molar-refractivity contribution in [3.63, 3.8) is 0 Å². The molecular formula is C19H30FN3O2S. The van der Waals surface area contributed by atoms with Gasteiger partial charge in [0.15, 0.2) is 5.96 Å². The lowest BCUT2D eigenvalue weighted by atomic mass is 10.1. The molecule has 1 N–H and O–H groups in total. The Morgan fingerprint density at radius 1 is 1.31 bits per heavy atom. The summed E-state index contributed by atoms with van der Waals surface area (Å²) in [7, 11) is 3.52. The van der Waals surface area contributed by atoms with Gasteiger partial charge in [0.05, 0.1) is 6.10 Å². The number of halogens is 1. The van der Waals surface area contributed by atoms with Crippen LogP contribution in [0.3, 0.4) is 0 Å². The molecule has 0 aromatic heterocycles. The van der Waals surface area contributed by atoms with Crippen molar-refractivity contribution in [1.82, 2.24) is 10.2 Å². The summed E-state index contributed by atoms with van der Waals surface area (Å²) in [6.45, 7) is 4.14. The molecule has 0 atom stereocenters. The fourth-order valence-electron chi connectivity index (χ4n) is 2.91. The zero-order valence-electron chi connectivity index (χ0n) is 15.7. The summed E-state index contributed by atoms with van der Waals surface area (Å²) >= 11 is 1.52. The van der Waals surface area contributed by atoms with E-state index in [0.717, 1.165) is 63.8 Å². The smallest absolute Gasteiger partial charge is 0.193 e. The summed E-state index contributed by atoms with van der Waals surface area (Å²) < 4.78 is 24.5. The van der Waals surface area contributed by atoms with Crippen LogP contribution in [0.5, 0.6) is 0 Å². The van der Waals surface area contributed by atoms with E-state index in [1.54, 1.807) is 20.2 Å². The van der Waals surface area contributed by atoms with Gasteiger partial charge in [-0.25, -0.2) is 4.39 Å². The lowest BCUT2D eigenvalue weighted by molar-refractivity contribution is 0.00993. The van der Waals surface area contributed by atoms with Crippen LogP contribution in [0.2, 0.25) is 0 Å². The van der Waals surface area contributed by atoms with Gasteiger partial charge in [-0.3, -0.25) is 4.99 Å². The van der Waals surface area contributed by atoms with Gasteiger partial charge in [-0.2, -0.15) is 0 Å². The lowest BCUT2D eigenvalue weighted by Crippen LogP contribution is -2.47. The summed E-state index contributed by atoms with van der Waals surface area (Å²) in [6, 6.07) is 6.88. The second-order valence-corrected chi connectivity index (χ2v) is 7.29. The molecule has 0 aliphatic carbocycles. The number of piperidine rings is 1. The van der Waals surface area contributed by atoms with Crippen molar-refractivity contribution in [3.05, 3.63) is 30.1 Å². The molecule has 1 saturated heterocycles. The molecule has 146 valence electrons.